The summed E-state index contributed by atoms with van der Waals surface area (Å²) in [5, 5.41) is 69.8. The maximum absolute atomic E-state index is 13.8. The average Bonchev–Trinajstić information content (AvgIpc) is 3.28. The molecule has 0 saturated heterocycles. The number of hydrogen-bond acceptors (Lipinski definition) is 16. The molecular formula is C45H78N10O17S. The summed E-state index contributed by atoms with van der Waals surface area (Å²) in [7, 11) is 0. The summed E-state index contributed by atoms with van der Waals surface area (Å²) in [5.74, 6) is -15.0. The average molecular weight is 1060 g/mol. The van der Waals surface area contributed by atoms with E-state index < -0.39 is 182 Å². The van der Waals surface area contributed by atoms with Crippen molar-refractivity contribution < 1.29 is 83.1 Å². The van der Waals surface area contributed by atoms with Gasteiger partial charge >= 0.3 is 17.9 Å². The summed E-state index contributed by atoms with van der Waals surface area (Å²) < 4.78 is 0. The molecule has 0 saturated carbocycles. The number of aliphatic hydroxyl groups excluding tert-OH is 2. The molecular weight excluding hydrogens is 985 g/mol. The number of nitrogens with two attached hydrogens (primary N) is 1. The maximum atomic E-state index is 13.8. The zero-order chi connectivity index (χ0) is 56.6. The zero-order valence-electron chi connectivity index (χ0n) is 43.0. The van der Waals surface area contributed by atoms with Crippen molar-refractivity contribution in [3.05, 3.63) is 0 Å². The Bertz CT molecular complexity index is 1940. The molecule has 0 fully saturated rings. The van der Waals surface area contributed by atoms with Crippen LogP contribution in [0.3, 0.4) is 0 Å². The highest BCUT2D eigenvalue weighted by molar-refractivity contribution is 7.80. The van der Waals surface area contributed by atoms with E-state index in [4.69, 9.17) is 5.73 Å². The van der Waals surface area contributed by atoms with Gasteiger partial charge in [0.05, 0.1) is 18.8 Å². The minimum atomic E-state index is -1.75. The number of carbonyl (C=O) groups excluding carboxylic acids is 9. The third-order valence-electron chi connectivity index (χ3n) is 10.9. The van der Waals surface area contributed by atoms with Crippen LogP contribution < -0.4 is 53.6 Å². The van der Waals surface area contributed by atoms with E-state index in [0.29, 0.717) is 6.42 Å². The van der Waals surface area contributed by atoms with Crippen LogP contribution in [0, 0.1) is 23.7 Å². The molecule has 0 aromatic carbocycles. The highest BCUT2D eigenvalue weighted by atomic mass is 32.1. The van der Waals surface area contributed by atoms with E-state index in [9.17, 15) is 83.1 Å². The fraction of sp³-hybridized carbons (Fsp3) is 0.733. The van der Waals surface area contributed by atoms with Crippen molar-refractivity contribution in [3.63, 3.8) is 0 Å². The van der Waals surface area contributed by atoms with Gasteiger partial charge < -0.3 is 79.1 Å². The second kappa shape index (κ2) is 32.8. The van der Waals surface area contributed by atoms with Crippen molar-refractivity contribution in [2.75, 3.05) is 12.4 Å². The number of aliphatic carboxylic acids is 3. The van der Waals surface area contributed by atoms with Crippen LogP contribution in [0.1, 0.15) is 108 Å². The Labute approximate surface area is 429 Å². The molecule has 0 heterocycles. The van der Waals surface area contributed by atoms with E-state index in [1.165, 1.54) is 41.5 Å². The number of rotatable bonds is 34. The summed E-state index contributed by atoms with van der Waals surface area (Å²) in [6.07, 6.45) is -3.84. The molecule has 0 aromatic rings. The van der Waals surface area contributed by atoms with Crippen molar-refractivity contribution in [1.82, 2.24) is 47.9 Å². The molecule has 416 valence electrons. The van der Waals surface area contributed by atoms with Crippen LogP contribution in [0.4, 0.5) is 0 Å². The van der Waals surface area contributed by atoms with Crippen LogP contribution >= 0.6 is 12.6 Å². The van der Waals surface area contributed by atoms with Crippen LogP contribution in [0.15, 0.2) is 0 Å². The van der Waals surface area contributed by atoms with E-state index in [1.54, 1.807) is 13.8 Å². The minimum Gasteiger partial charge on any atom is -0.481 e. The van der Waals surface area contributed by atoms with Crippen LogP contribution in [-0.2, 0) is 57.5 Å². The Morgan fingerprint density at radius 2 is 0.795 bits per heavy atom. The van der Waals surface area contributed by atoms with Gasteiger partial charge in [0.15, 0.2) is 0 Å². The Hall–Kier alpha value is -6.13. The maximum Gasteiger partial charge on any atom is 0.326 e. The molecule has 0 aliphatic rings. The lowest BCUT2D eigenvalue weighted by Gasteiger charge is -2.29. The Morgan fingerprint density at radius 3 is 1.19 bits per heavy atom. The lowest BCUT2D eigenvalue weighted by molar-refractivity contribution is -0.143. The highest BCUT2D eigenvalue weighted by Crippen LogP contribution is 2.11. The van der Waals surface area contributed by atoms with E-state index in [0.717, 1.165) is 0 Å². The standard InChI is InChI=1S/C45H78N10O17S/c1-19(2)15-25(46)37(63)52-30(18-73)41(67)55-35(24(10)57)44(70)47-23(9)36(62)53-33(21(5)6)42(68)49-26(11-13-31(58)59)38(64)48-27(12-14-32(60)61)39(65)54-34(22(7)8)43(69)51-29(17-56)40(66)50-28(45(71)72)16-20(3)4/h19-30,33-35,56-57,73H,11-18,46H2,1-10H3,(H,47,70)(H,48,64)(H,49,68)(H,50,66)(H,51,69)(H,52,63)(H,53,62)(H,54,65)(H,55,67)(H,58,59)(H,60,61)(H,71,72)/t23-,24+,25-,26-,27-,28-,29-,30-,33-,34-,35-/m0/s1. The van der Waals surface area contributed by atoms with E-state index in [1.807, 2.05) is 13.8 Å². The first-order valence-electron chi connectivity index (χ1n) is 23.8. The van der Waals surface area contributed by atoms with Crippen molar-refractivity contribution in [1.29, 1.82) is 0 Å². The molecule has 16 N–H and O–H groups in total. The highest BCUT2D eigenvalue weighted by Gasteiger charge is 2.37. The molecule has 0 aliphatic heterocycles. The molecule has 0 unspecified atom stereocenters. The zero-order valence-corrected chi connectivity index (χ0v) is 43.9. The first kappa shape index (κ1) is 66.9. The molecule has 0 aromatic heterocycles. The van der Waals surface area contributed by atoms with Crippen LogP contribution in [0.25, 0.3) is 0 Å². The number of carbonyl (C=O) groups is 12. The van der Waals surface area contributed by atoms with Gasteiger partial charge in [-0.25, -0.2) is 4.79 Å². The van der Waals surface area contributed by atoms with Gasteiger partial charge in [0.25, 0.3) is 0 Å². The second-order valence-corrected chi connectivity index (χ2v) is 19.5. The number of aliphatic hydroxyl groups is 2. The van der Waals surface area contributed by atoms with Crippen molar-refractivity contribution >= 4 is 83.7 Å². The van der Waals surface area contributed by atoms with Crippen molar-refractivity contribution in [2.24, 2.45) is 29.4 Å². The van der Waals surface area contributed by atoms with Gasteiger partial charge in [-0.3, -0.25) is 52.7 Å². The van der Waals surface area contributed by atoms with Crippen LogP contribution in [-0.4, -0.2) is 175 Å². The molecule has 0 rings (SSSR count). The predicted molar refractivity (Wildman–Crippen MR) is 264 cm³/mol. The first-order valence-corrected chi connectivity index (χ1v) is 24.5. The summed E-state index contributed by atoms with van der Waals surface area (Å²) in [4.78, 5) is 155. The van der Waals surface area contributed by atoms with Gasteiger partial charge in [0, 0.05) is 18.6 Å². The molecule has 27 nitrogen and oxygen atoms in total. The largest absolute Gasteiger partial charge is 0.481 e. The normalized spacial score (nSPS) is 15.9. The lowest BCUT2D eigenvalue weighted by Crippen LogP contribution is -2.62. The van der Waals surface area contributed by atoms with E-state index in [-0.39, 0.29) is 24.0 Å². The SMILES string of the molecule is CC(C)C[C@H](NC(=O)[C@H](CO)NC(=O)[C@@H](NC(=O)[C@H](CCC(=O)O)NC(=O)[C@H](CCC(=O)O)NC(=O)[C@@H](NC(=O)[C@H](C)NC(=O)[C@@H](NC(=O)[C@H](CS)NC(=O)[C@@H](N)CC(C)C)[C@@H](C)O)C(C)C)C(C)C)C(=O)O. The smallest absolute Gasteiger partial charge is 0.326 e. The van der Waals surface area contributed by atoms with Crippen LogP contribution in [0.2, 0.25) is 0 Å². The van der Waals surface area contributed by atoms with Gasteiger partial charge in [-0.1, -0.05) is 55.4 Å². The van der Waals surface area contributed by atoms with Crippen molar-refractivity contribution in [3.8, 4) is 0 Å². The number of carboxylic acids is 3. The third kappa shape index (κ3) is 24.9. The Morgan fingerprint density at radius 1 is 0.438 bits per heavy atom. The fourth-order valence-electron chi connectivity index (χ4n) is 6.75. The van der Waals surface area contributed by atoms with Gasteiger partial charge in [0.2, 0.25) is 53.2 Å². The van der Waals surface area contributed by atoms with Gasteiger partial charge in [-0.15, -0.1) is 0 Å². The summed E-state index contributed by atoms with van der Waals surface area (Å²) in [6.45, 7) is 14.5. The summed E-state index contributed by atoms with van der Waals surface area (Å²) in [5.41, 5.74) is 5.91. The molecule has 0 aliphatic carbocycles. The van der Waals surface area contributed by atoms with Crippen LogP contribution in [0.5, 0.6) is 0 Å². The number of carboxylic acid groups (broad SMARTS) is 3. The molecule has 28 heteroatoms. The molecule has 0 radical (unpaired) electrons. The Balaban J connectivity index is 6.34. The quantitative estimate of drug-likeness (QED) is 0.0275. The first-order chi connectivity index (χ1) is 33.8. The summed E-state index contributed by atoms with van der Waals surface area (Å²) in [6, 6.07) is -14.8. The fourth-order valence-corrected chi connectivity index (χ4v) is 7.00. The van der Waals surface area contributed by atoms with Crippen molar-refractivity contribution in [2.45, 2.75) is 174 Å². The molecule has 0 spiro atoms. The predicted octanol–water partition coefficient (Wildman–Crippen LogP) is -3.78. The monoisotopic (exact) mass is 1060 g/mol. The minimum absolute atomic E-state index is 0.0218. The number of hydrogen-bond donors (Lipinski definition) is 16. The van der Waals surface area contributed by atoms with E-state index in [2.05, 4.69) is 60.5 Å². The lowest BCUT2D eigenvalue weighted by atomic mass is 10.0. The van der Waals surface area contributed by atoms with E-state index >= 15 is 0 Å². The van der Waals surface area contributed by atoms with Gasteiger partial charge in [0.1, 0.15) is 54.4 Å². The number of thiol groups is 1. The summed E-state index contributed by atoms with van der Waals surface area (Å²) >= 11 is 4.10. The van der Waals surface area contributed by atoms with Gasteiger partial charge in [-0.2, -0.15) is 12.6 Å². The second-order valence-electron chi connectivity index (χ2n) is 19.2. The number of amides is 9. The topological polar surface area (TPSA) is 440 Å². The number of nitrogens with one attached hydrogen (secondary N) is 9. The molecule has 73 heavy (non-hydrogen) atoms. The Kier molecular flexibility index (Phi) is 30.1. The molecule has 9 amide bonds. The van der Waals surface area contributed by atoms with Gasteiger partial charge in [-0.05, 0) is 63.2 Å². The molecule has 0 bridgehead atoms. The third-order valence-corrected chi connectivity index (χ3v) is 11.2. The molecule has 11 atom stereocenters.